The lowest BCUT2D eigenvalue weighted by Crippen LogP contribution is -2.18. The summed E-state index contributed by atoms with van der Waals surface area (Å²) in [5.41, 5.74) is 8.97. The van der Waals surface area contributed by atoms with Crippen molar-refractivity contribution in [3.63, 3.8) is 0 Å². The SMILES string of the molecule is CCOc1cc(OC(C)C)c(F)c(C(Nc2ccc(C(=N)N)cc2)c2nc(-c3ccsc3)c[nH]2)c1. The van der Waals surface area contributed by atoms with Crippen LogP contribution in [-0.4, -0.2) is 28.5 Å². The highest BCUT2D eigenvalue weighted by atomic mass is 32.1. The highest BCUT2D eigenvalue weighted by Crippen LogP contribution is 2.36. The van der Waals surface area contributed by atoms with E-state index in [0.29, 0.717) is 35.0 Å². The van der Waals surface area contributed by atoms with Crippen molar-refractivity contribution in [1.82, 2.24) is 9.97 Å². The molecule has 0 amide bonds. The van der Waals surface area contributed by atoms with E-state index in [1.807, 2.05) is 37.6 Å². The van der Waals surface area contributed by atoms with Crippen LogP contribution >= 0.6 is 11.3 Å². The predicted octanol–water partition coefficient (Wildman–Crippen LogP) is 5.95. The van der Waals surface area contributed by atoms with Crippen LogP contribution in [-0.2, 0) is 0 Å². The van der Waals surface area contributed by atoms with Crippen molar-refractivity contribution in [3.05, 3.63) is 82.2 Å². The normalized spacial score (nSPS) is 11.9. The molecule has 0 bridgehead atoms. The quantitative estimate of drug-likeness (QED) is 0.161. The van der Waals surface area contributed by atoms with Gasteiger partial charge in [-0.2, -0.15) is 11.3 Å². The molecule has 0 saturated heterocycles. The maximum atomic E-state index is 15.8. The van der Waals surface area contributed by atoms with E-state index >= 15 is 4.39 Å². The minimum absolute atomic E-state index is 0.0227. The summed E-state index contributed by atoms with van der Waals surface area (Å²) >= 11 is 1.58. The number of halogens is 1. The van der Waals surface area contributed by atoms with Gasteiger partial charge in [0.25, 0.3) is 0 Å². The van der Waals surface area contributed by atoms with Gasteiger partial charge >= 0.3 is 0 Å². The Bertz CT molecular complexity index is 1290. The number of amidine groups is 1. The first-order chi connectivity index (χ1) is 16.9. The van der Waals surface area contributed by atoms with Crippen LogP contribution in [0.2, 0.25) is 0 Å². The fraction of sp³-hybridized carbons (Fsp3) is 0.231. The van der Waals surface area contributed by atoms with E-state index in [-0.39, 0.29) is 17.7 Å². The van der Waals surface area contributed by atoms with Gasteiger partial charge < -0.3 is 25.5 Å². The number of aromatic amines is 1. The molecule has 0 saturated carbocycles. The molecule has 9 heteroatoms. The summed E-state index contributed by atoms with van der Waals surface area (Å²) in [6.07, 6.45) is 1.59. The van der Waals surface area contributed by atoms with Gasteiger partial charge in [-0.05, 0) is 62.5 Å². The number of H-pyrrole nitrogens is 1. The average molecular weight is 494 g/mol. The molecular weight excluding hydrogens is 465 g/mol. The smallest absolute Gasteiger partial charge is 0.171 e. The predicted molar refractivity (Wildman–Crippen MR) is 138 cm³/mol. The average Bonchev–Trinajstić information content (AvgIpc) is 3.52. The Morgan fingerprint density at radius 2 is 2.00 bits per heavy atom. The van der Waals surface area contributed by atoms with Gasteiger partial charge in [0.2, 0.25) is 0 Å². The zero-order valence-corrected chi connectivity index (χ0v) is 20.6. The number of imidazole rings is 1. The second-order valence-electron chi connectivity index (χ2n) is 8.18. The Kier molecular flexibility index (Phi) is 7.36. The molecule has 2 heterocycles. The van der Waals surface area contributed by atoms with Gasteiger partial charge in [0.05, 0.1) is 18.4 Å². The molecule has 0 aliphatic rings. The molecule has 2 aromatic carbocycles. The molecule has 0 fully saturated rings. The van der Waals surface area contributed by atoms with Crippen LogP contribution in [0.5, 0.6) is 11.5 Å². The first-order valence-corrected chi connectivity index (χ1v) is 12.2. The number of anilines is 1. The molecule has 0 spiro atoms. The Morgan fingerprint density at radius 1 is 1.23 bits per heavy atom. The standard InChI is InChI=1S/C26H28FN5O2S/c1-4-33-19-11-20(23(27)22(12-19)34-15(2)3)24(31-18-7-5-16(6-8-18)25(28)29)26-30-13-21(32-26)17-9-10-35-14-17/h5-15,24,31H,4H2,1-3H3,(H3,28,29)(H,30,32). The van der Waals surface area contributed by atoms with Crippen molar-refractivity contribution < 1.29 is 13.9 Å². The van der Waals surface area contributed by atoms with Gasteiger partial charge in [0, 0.05) is 40.0 Å². The minimum Gasteiger partial charge on any atom is -0.494 e. The van der Waals surface area contributed by atoms with Crippen molar-refractivity contribution in [2.75, 3.05) is 11.9 Å². The summed E-state index contributed by atoms with van der Waals surface area (Å²) in [6, 6.07) is 11.6. The zero-order chi connectivity index (χ0) is 24.9. The molecule has 2 aromatic heterocycles. The molecule has 4 rings (SSSR count). The Hall–Kier alpha value is -3.85. The highest BCUT2D eigenvalue weighted by Gasteiger charge is 2.26. The number of nitrogens with zero attached hydrogens (tertiary/aromatic N) is 1. The van der Waals surface area contributed by atoms with E-state index in [0.717, 1.165) is 11.3 Å². The van der Waals surface area contributed by atoms with Crippen LogP contribution in [0, 0.1) is 11.2 Å². The number of aromatic nitrogens is 2. The molecule has 4 aromatic rings. The van der Waals surface area contributed by atoms with Gasteiger partial charge in [-0.3, -0.25) is 5.41 Å². The first-order valence-electron chi connectivity index (χ1n) is 11.3. The van der Waals surface area contributed by atoms with Gasteiger partial charge in [0.1, 0.15) is 23.5 Å². The van der Waals surface area contributed by atoms with Crippen molar-refractivity contribution in [2.45, 2.75) is 32.9 Å². The Labute approximate surface area is 207 Å². The number of nitrogen functional groups attached to an aromatic ring is 1. The van der Waals surface area contributed by atoms with E-state index in [2.05, 4.69) is 10.3 Å². The van der Waals surface area contributed by atoms with Gasteiger partial charge in [-0.1, -0.05) is 0 Å². The molecule has 0 radical (unpaired) electrons. The first kappa shape index (κ1) is 24.3. The molecule has 35 heavy (non-hydrogen) atoms. The Balaban J connectivity index is 1.80. The van der Waals surface area contributed by atoms with Crippen molar-refractivity contribution in [2.24, 2.45) is 5.73 Å². The molecule has 0 aliphatic heterocycles. The van der Waals surface area contributed by atoms with Gasteiger partial charge in [-0.15, -0.1) is 0 Å². The minimum atomic E-state index is -0.680. The lowest BCUT2D eigenvalue weighted by molar-refractivity contribution is 0.228. The maximum Gasteiger partial charge on any atom is 0.171 e. The molecule has 5 N–H and O–H groups in total. The molecule has 1 unspecified atom stereocenters. The van der Waals surface area contributed by atoms with Crippen LogP contribution in [0.3, 0.4) is 0 Å². The van der Waals surface area contributed by atoms with E-state index in [1.165, 1.54) is 0 Å². The lowest BCUT2D eigenvalue weighted by Gasteiger charge is -2.22. The monoisotopic (exact) mass is 493 g/mol. The van der Waals surface area contributed by atoms with E-state index in [9.17, 15) is 0 Å². The number of nitrogens with two attached hydrogens (primary N) is 1. The zero-order valence-electron chi connectivity index (χ0n) is 19.8. The Morgan fingerprint density at radius 3 is 2.63 bits per heavy atom. The summed E-state index contributed by atoms with van der Waals surface area (Å²) in [4.78, 5) is 7.97. The second kappa shape index (κ2) is 10.6. The topological polar surface area (TPSA) is 109 Å². The third kappa shape index (κ3) is 5.63. The lowest BCUT2D eigenvalue weighted by atomic mass is 10.0. The molecule has 1 atom stereocenters. The van der Waals surface area contributed by atoms with Crippen LogP contribution in [0.15, 0.2) is 59.4 Å². The van der Waals surface area contributed by atoms with Crippen LogP contribution in [0.25, 0.3) is 11.3 Å². The summed E-state index contributed by atoms with van der Waals surface area (Å²) in [5, 5.41) is 15.0. The van der Waals surface area contributed by atoms with Gasteiger partial charge in [-0.25, -0.2) is 9.37 Å². The summed E-state index contributed by atoms with van der Waals surface area (Å²) in [7, 11) is 0. The van der Waals surface area contributed by atoms with Crippen LogP contribution < -0.4 is 20.5 Å². The number of hydrogen-bond acceptors (Lipinski definition) is 6. The van der Waals surface area contributed by atoms with E-state index in [1.54, 1.807) is 53.9 Å². The number of rotatable bonds is 10. The van der Waals surface area contributed by atoms with Gasteiger partial charge in [0.15, 0.2) is 11.6 Å². The van der Waals surface area contributed by atoms with Crippen molar-refractivity contribution in [3.8, 4) is 22.8 Å². The second-order valence-corrected chi connectivity index (χ2v) is 8.96. The fourth-order valence-electron chi connectivity index (χ4n) is 3.64. The third-order valence-electron chi connectivity index (χ3n) is 5.22. The van der Waals surface area contributed by atoms with E-state index < -0.39 is 11.9 Å². The molecule has 182 valence electrons. The summed E-state index contributed by atoms with van der Waals surface area (Å²) < 4.78 is 27.3. The summed E-state index contributed by atoms with van der Waals surface area (Å²) in [6.45, 7) is 5.99. The number of ether oxygens (including phenoxy) is 2. The van der Waals surface area contributed by atoms with Crippen molar-refractivity contribution >= 4 is 22.9 Å². The van der Waals surface area contributed by atoms with Crippen LogP contribution in [0.1, 0.15) is 43.8 Å². The van der Waals surface area contributed by atoms with Crippen molar-refractivity contribution in [1.29, 1.82) is 5.41 Å². The third-order valence-corrected chi connectivity index (χ3v) is 5.90. The molecular formula is C26H28FN5O2S. The summed E-state index contributed by atoms with van der Waals surface area (Å²) in [5.74, 6) is 0.635. The fourth-order valence-corrected chi connectivity index (χ4v) is 4.29. The van der Waals surface area contributed by atoms with E-state index in [4.69, 9.17) is 25.6 Å². The number of benzene rings is 2. The highest BCUT2D eigenvalue weighted by molar-refractivity contribution is 7.08. The number of nitrogens with one attached hydrogen (secondary N) is 3. The largest absolute Gasteiger partial charge is 0.494 e. The molecule has 0 aliphatic carbocycles. The molecule has 7 nitrogen and oxygen atoms in total. The van der Waals surface area contributed by atoms with Crippen LogP contribution in [0.4, 0.5) is 10.1 Å². The number of hydrogen-bond donors (Lipinski definition) is 4. The number of thiophene rings is 1. The maximum absolute atomic E-state index is 15.8.